The minimum Gasteiger partial charge on any atom is -0.449 e. The summed E-state index contributed by atoms with van der Waals surface area (Å²) in [6.45, 7) is 0. The Balaban J connectivity index is 1.68. The fraction of sp³-hybridized carbons (Fsp3) is 0.0625. The summed E-state index contributed by atoms with van der Waals surface area (Å²) < 4.78 is 6.12. The maximum absolute atomic E-state index is 14.0. The number of nitrogens with zero attached hydrogens (tertiary/aromatic N) is 1. The molecule has 0 saturated carbocycles. The van der Waals surface area contributed by atoms with Crippen molar-refractivity contribution in [2.75, 3.05) is 11.9 Å². The summed E-state index contributed by atoms with van der Waals surface area (Å²) >= 11 is 0. The van der Waals surface area contributed by atoms with E-state index in [2.05, 4.69) is 12.1 Å². The quantitative estimate of drug-likeness (QED) is 0.201. The summed E-state index contributed by atoms with van der Waals surface area (Å²) in [5.41, 5.74) is 5.14. The molecular formula is C32H21NO3. The normalized spacial score (nSPS) is 18.9. The summed E-state index contributed by atoms with van der Waals surface area (Å²) in [6.07, 6.45) is -0.714. The van der Waals surface area contributed by atoms with Gasteiger partial charge in [0, 0.05) is 23.7 Å². The largest absolute Gasteiger partial charge is 0.449 e. The third kappa shape index (κ3) is 2.82. The molecule has 0 aromatic heterocycles. The number of carbonyl (C=O) groups excluding carboxylic acids is 2. The number of likely N-dealkylation sites (N-methyl/N-ethyl adjacent to an activating group) is 1. The van der Waals surface area contributed by atoms with Gasteiger partial charge >= 0.3 is 5.97 Å². The lowest BCUT2D eigenvalue weighted by atomic mass is 9.81. The summed E-state index contributed by atoms with van der Waals surface area (Å²) in [5.74, 6) is -0.486. The van der Waals surface area contributed by atoms with Gasteiger partial charge in [-0.05, 0) is 39.2 Å². The Morgan fingerprint density at radius 1 is 0.667 bits per heavy atom. The number of esters is 1. The van der Waals surface area contributed by atoms with Crippen LogP contribution in [0.4, 0.5) is 5.69 Å². The number of ether oxygens (including phenoxy) is 1. The van der Waals surface area contributed by atoms with Crippen molar-refractivity contribution < 1.29 is 14.3 Å². The van der Waals surface area contributed by atoms with E-state index in [0.717, 1.165) is 49.5 Å². The van der Waals surface area contributed by atoms with Gasteiger partial charge in [0.15, 0.2) is 6.10 Å². The molecule has 0 aliphatic carbocycles. The molecule has 5 aromatic carbocycles. The Kier molecular flexibility index (Phi) is 4.39. The van der Waals surface area contributed by atoms with Gasteiger partial charge < -0.3 is 9.64 Å². The molecule has 7 rings (SSSR count). The van der Waals surface area contributed by atoms with Gasteiger partial charge in [-0.25, -0.2) is 4.79 Å². The molecule has 5 aromatic rings. The Bertz CT molecular complexity index is 1770. The van der Waals surface area contributed by atoms with Gasteiger partial charge in [-0.3, -0.25) is 4.79 Å². The van der Waals surface area contributed by atoms with Gasteiger partial charge in [-0.15, -0.1) is 0 Å². The van der Waals surface area contributed by atoms with Crippen molar-refractivity contribution in [3.05, 3.63) is 125 Å². The van der Waals surface area contributed by atoms with E-state index in [4.69, 9.17) is 4.74 Å². The molecule has 0 bridgehead atoms. The molecule has 0 spiro atoms. The first-order chi connectivity index (χ1) is 17.6. The van der Waals surface area contributed by atoms with Crippen LogP contribution in [-0.2, 0) is 9.53 Å². The van der Waals surface area contributed by atoms with Crippen LogP contribution in [0.5, 0.6) is 0 Å². The van der Waals surface area contributed by atoms with E-state index in [-0.39, 0.29) is 11.9 Å². The van der Waals surface area contributed by atoms with Crippen molar-refractivity contribution in [1.82, 2.24) is 0 Å². The predicted octanol–water partition coefficient (Wildman–Crippen LogP) is 6.79. The van der Waals surface area contributed by atoms with Crippen molar-refractivity contribution in [3.63, 3.8) is 0 Å². The highest BCUT2D eigenvalue weighted by Gasteiger charge is 2.42. The fourth-order valence-corrected chi connectivity index (χ4v) is 5.65. The zero-order chi connectivity index (χ0) is 24.4. The zero-order valence-corrected chi connectivity index (χ0v) is 19.6. The monoisotopic (exact) mass is 467 g/mol. The molecule has 1 atom stereocenters. The minimum absolute atomic E-state index is 0.103. The lowest BCUT2D eigenvalue weighted by Gasteiger charge is -2.30. The van der Waals surface area contributed by atoms with Gasteiger partial charge in [0.05, 0.1) is 16.8 Å². The number of hydrogen-bond acceptors (Lipinski definition) is 3. The summed E-state index contributed by atoms with van der Waals surface area (Å²) in [6, 6.07) is 33.6. The molecule has 172 valence electrons. The van der Waals surface area contributed by atoms with Crippen molar-refractivity contribution in [2.45, 2.75) is 6.10 Å². The van der Waals surface area contributed by atoms with Crippen molar-refractivity contribution in [1.29, 1.82) is 0 Å². The standard InChI is InChI=1S/C32H21NO3/c1-33-25-18-16-20-10-6-8-14-23(20)27(25)29(31(33)34)28-26-22-13-7-5-9-19(22)15-17-24(26)32(35)36-30(28)21-11-3-2-4-12-21/h2-18,30H,1H3/b29-28-. The molecule has 2 aliphatic rings. The van der Waals surface area contributed by atoms with Gasteiger partial charge in [0.2, 0.25) is 0 Å². The number of rotatable bonds is 1. The number of anilines is 1. The molecule has 2 aliphatic heterocycles. The Morgan fingerprint density at radius 3 is 2.00 bits per heavy atom. The molecule has 2 heterocycles. The van der Waals surface area contributed by atoms with E-state index in [9.17, 15) is 9.59 Å². The van der Waals surface area contributed by atoms with E-state index in [0.29, 0.717) is 11.1 Å². The molecular weight excluding hydrogens is 446 g/mol. The lowest BCUT2D eigenvalue weighted by molar-refractivity contribution is -0.112. The van der Waals surface area contributed by atoms with Gasteiger partial charge in [0.25, 0.3) is 5.91 Å². The number of hydrogen-bond donors (Lipinski definition) is 0. The fourth-order valence-electron chi connectivity index (χ4n) is 5.65. The molecule has 1 amide bonds. The van der Waals surface area contributed by atoms with Crippen LogP contribution >= 0.6 is 0 Å². The van der Waals surface area contributed by atoms with E-state index in [1.807, 2.05) is 91.0 Å². The first-order valence-corrected chi connectivity index (χ1v) is 12.0. The van der Waals surface area contributed by atoms with Crippen LogP contribution in [0.25, 0.3) is 32.7 Å². The van der Waals surface area contributed by atoms with Crippen molar-refractivity contribution >= 4 is 50.3 Å². The number of cyclic esters (lactones) is 1. The van der Waals surface area contributed by atoms with Crippen molar-refractivity contribution in [3.8, 4) is 0 Å². The van der Waals surface area contributed by atoms with Crippen LogP contribution in [0.15, 0.2) is 103 Å². The second-order valence-electron chi connectivity index (χ2n) is 9.24. The number of carbonyl (C=O) groups is 2. The summed E-state index contributed by atoms with van der Waals surface area (Å²) in [4.78, 5) is 29.1. The van der Waals surface area contributed by atoms with Gasteiger partial charge in [-0.2, -0.15) is 0 Å². The first-order valence-electron chi connectivity index (χ1n) is 12.0. The highest BCUT2D eigenvalue weighted by molar-refractivity contribution is 6.41. The van der Waals surface area contributed by atoms with Crippen molar-refractivity contribution in [2.24, 2.45) is 0 Å². The predicted molar refractivity (Wildman–Crippen MR) is 143 cm³/mol. The average molecular weight is 468 g/mol. The Labute approximate surface area is 208 Å². The lowest BCUT2D eigenvalue weighted by Crippen LogP contribution is -2.25. The van der Waals surface area contributed by atoms with Crippen LogP contribution in [0, 0.1) is 0 Å². The van der Waals surface area contributed by atoms with E-state index < -0.39 is 6.10 Å². The van der Waals surface area contributed by atoms with E-state index in [1.165, 1.54) is 0 Å². The molecule has 4 nitrogen and oxygen atoms in total. The Morgan fingerprint density at radius 2 is 1.28 bits per heavy atom. The third-order valence-electron chi connectivity index (χ3n) is 7.31. The molecule has 0 N–H and O–H groups in total. The number of amides is 1. The number of benzene rings is 5. The second kappa shape index (κ2) is 7.65. The van der Waals surface area contributed by atoms with Gasteiger partial charge in [-0.1, -0.05) is 91.0 Å². The topological polar surface area (TPSA) is 46.6 Å². The maximum atomic E-state index is 14.0. The van der Waals surface area contributed by atoms with Crippen LogP contribution in [0.1, 0.15) is 33.2 Å². The maximum Gasteiger partial charge on any atom is 0.339 e. The molecule has 1 unspecified atom stereocenters. The second-order valence-corrected chi connectivity index (χ2v) is 9.24. The molecule has 4 heteroatoms. The van der Waals surface area contributed by atoms with Crippen LogP contribution in [-0.4, -0.2) is 18.9 Å². The van der Waals surface area contributed by atoms with Gasteiger partial charge in [0.1, 0.15) is 0 Å². The Hall–Kier alpha value is -4.70. The van der Waals surface area contributed by atoms with E-state index in [1.54, 1.807) is 11.9 Å². The van der Waals surface area contributed by atoms with Crippen LogP contribution in [0.3, 0.4) is 0 Å². The molecule has 0 fully saturated rings. The zero-order valence-electron chi connectivity index (χ0n) is 19.6. The summed E-state index contributed by atoms with van der Waals surface area (Å²) in [5, 5.41) is 3.99. The minimum atomic E-state index is -0.714. The highest BCUT2D eigenvalue weighted by Crippen LogP contribution is 2.51. The molecule has 0 radical (unpaired) electrons. The third-order valence-corrected chi connectivity index (χ3v) is 7.31. The average Bonchev–Trinajstić information content (AvgIpc) is 3.18. The van der Waals surface area contributed by atoms with Crippen LogP contribution < -0.4 is 4.90 Å². The van der Waals surface area contributed by atoms with E-state index >= 15 is 0 Å². The first kappa shape index (κ1) is 20.7. The smallest absolute Gasteiger partial charge is 0.339 e. The molecule has 0 saturated heterocycles. The summed E-state index contributed by atoms with van der Waals surface area (Å²) in [7, 11) is 1.81. The number of fused-ring (bicyclic) bond motifs is 6. The van der Waals surface area contributed by atoms with Crippen LogP contribution in [0.2, 0.25) is 0 Å². The molecule has 36 heavy (non-hydrogen) atoms. The SMILES string of the molecule is CN1C(=O)/C(=C2/c3c(ccc4ccccc34)C(=O)OC2c2ccccc2)c2c1ccc1ccccc21. The highest BCUT2D eigenvalue weighted by atomic mass is 16.5.